The monoisotopic (exact) mass is 347 g/mol. The molecule has 0 unspecified atom stereocenters. The van der Waals surface area contributed by atoms with Crippen molar-refractivity contribution < 1.29 is 22.7 Å². The number of ether oxygens (including phenoxy) is 1. The molecule has 0 aliphatic carbocycles. The topological polar surface area (TPSA) is 87.2 Å². The van der Waals surface area contributed by atoms with Crippen molar-refractivity contribution in [3.63, 3.8) is 0 Å². The van der Waals surface area contributed by atoms with Crippen LogP contribution in [0.15, 0.2) is 0 Å². The SMILES string of the molecule is CCOC(=O)N1CCN(C(=O)[C@@H]2CCCN(S(C)(=O)=O)C2)CC1. The lowest BCUT2D eigenvalue weighted by atomic mass is 9.98. The van der Waals surface area contributed by atoms with Gasteiger partial charge in [-0.05, 0) is 19.8 Å². The quantitative estimate of drug-likeness (QED) is 0.715. The highest BCUT2D eigenvalue weighted by molar-refractivity contribution is 7.88. The molecule has 2 rings (SSSR count). The van der Waals surface area contributed by atoms with Gasteiger partial charge >= 0.3 is 6.09 Å². The Morgan fingerprint density at radius 1 is 1.09 bits per heavy atom. The largest absolute Gasteiger partial charge is 0.450 e. The average Bonchev–Trinajstić information content (AvgIpc) is 2.54. The summed E-state index contributed by atoms with van der Waals surface area (Å²) in [5.41, 5.74) is 0. The van der Waals surface area contributed by atoms with Gasteiger partial charge in [-0.15, -0.1) is 0 Å². The van der Waals surface area contributed by atoms with E-state index < -0.39 is 10.0 Å². The van der Waals surface area contributed by atoms with Gasteiger partial charge in [0.15, 0.2) is 0 Å². The molecule has 0 bridgehead atoms. The molecule has 0 spiro atoms. The van der Waals surface area contributed by atoms with Crippen molar-refractivity contribution in [3.05, 3.63) is 0 Å². The summed E-state index contributed by atoms with van der Waals surface area (Å²) >= 11 is 0. The average molecular weight is 347 g/mol. The maximum absolute atomic E-state index is 12.6. The summed E-state index contributed by atoms with van der Waals surface area (Å²) < 4.78 is 29.6. The van der Waals surface area contributed by atoms with Gasteiger partial charge in [-0.3, -0.25) is 4.79 Å². The van der Waals surface area contributed by atoms with Crippen LogP contribution in [0, 0.1) is 5.92 Å². The Kier molecular flexibility index (Phi) is 5.85. The lowest BCUT2D eigenvalue weighted by molar-refractivity contribution is -0.138. The highest BCUT2D eigenvalue weighted by Crippen LogP contribution is 2.21. The van der Waals surface area contributed by atoms with Crippen molar-refractivity contribution >= 4 is 22.0 Å². The highest BCUT2D eigenvalue weighted by Gasteiger charge is 2.34. The molecule has 0 saturated carbocycles. The Bertz CT molecular complexity index is 543. The molecular formula is C14H25N3O5S. The predicted molar refractivity (Wildman–Crippen MR) is 84.3 cm³/mol. The van der Waals surface area contributed by atoms with Crippen LogP contribution in [0.3, 0.4) is 0 Å². The van der Waals surface area contributed by atoms with E-state index in [1.54, 1.807) is 16.7 Å². The Hall–Kier alpha value is -1.35. The lowest BCUT2D eigenvalue weighted by Crippen LogP contribution is -2.54. The van der Waals surface area contributed by atoms with Gasteiger partial charge in [0.05, 0.1) is 18.8 Å². The van der Waals surface area contributed by atoms with E-state index in [1.165, 1.54) is 10.6 Å². The van der Waals surface area contributed by atoms with Gasteiger partial charge in [0.2, 0.25) is 15.9 Å². The molecular weight excluding hydrogens is 322 g/mol. The molecule has 2 aliphatic heterocycles. The van der Waals surface area contributed by atoms with Gasteiger partial charge in [0.1, 0.15) is 0 Å². The molecule has 0 radical (unpaired) electrons. The smallest absolute Gasteiger partial charge is 0.409 e. The molecule has 2 fully saturated rings. The summed E-state index contributed by atoms with van der Waals surface area (Å²) in [5.74, 6) is -0.297. The number of piperazine rings is 1. The standard InChI is InChI=1S/C14H25N3O5S/c1-3-22-14(19)16-9-7-15(8-10-16)13(18)12-5-4-6-17(11-12)23(2,20)21/h12H,3-11H2,1-2H3/t12-/m1/s1. The van der Waals surface area contributed by atoms with Crippen LogP contribution in [0.1, 0.15) is 19.8 Å². The summed E-state index contributed by atoms with van der Waals surface area (Å²) in [6.07, 6.45) is 2.24. The summed E-state index contributed by atoms with van der Waals surface area (Å²) in [5, 5.41) is 0. The first-order valence-electron chi connectivity index (χ1n) is 7.98. The Labute approximate surface area is 137 Å². The number of hydrogen-bond donors (Lipinski definition) is 0. The maximum Gasteiger partial charge on any atom is 0.409 e. The van der Waals surface area contributed by atoms with Gasteiger partial charge in [0.25, 0.3) is 0 Å². The van der Waals surface area contributed by atoms with Crippen molar-refractivity contribution in [2.24, 2.45) is 5.92 Å². The lowest BCUT2D eigenvalue weighted by Gasteiger charge is -2.38. The molecule has 0 aromatic heterocycles. The second-order valence-corrected chi connectivity index (χ2v) is 7.95. The number of amides is 2. The maximum atomic E-state index is 12.6. The van der Waals surface area contributed by atoms with Crippen LogP contribution in [-0.4, -0.2) is 86.7 Å². The van der Waals surface area contributed by atoms with Crippen LogP contribution in [0.5, 0.6) is 0 Å². The predicted octanol–water partition coefficient (Wildman–Crippen LogP) is -0.0413. The van der Waals surface area contributed by atoms with Crippen LogP contribution >= 0.6 is 0 Å². The minimum absolute atomic E-state index is 0.0122. The van der Waals surface area contributed by atoms with E-state index in [0.717, 1.165) is 0 Å². The fourth-order valence-corrected chi connectivity index (χ4v) is 3.94. The van der Waals surface area contributed by atoms with Gasteiger partial charge in [-0.1, -0.05) is 0 Å². The first kappa shape index (κ1) is 18.0. The molecule has 0 aromatic carbocycles. The third kappa shape index (κ3) is 4.57. The third-order valence-corrected chi connectivity index (χ3v) is 5.59. The van der Waals surface area contributed by atoms with Crippen molar-refractivity contribution in [1.82, 2.24) is 14.1 Å². The van der Waals surface area contributed by atoms with E-state index in [1.807, 2.05) is 0 Å². The minimum atomic E-state index is -3.26. The Balaban J connectivity index is 1.88. The van der Waals surface area contributed by atoms with Crippen LogP contribution in [0.4, 0.5) is 4.79 Å². The second-order valence-electron chi connectivity index (χ2n) is 5.97. The summed E-state index contributed by atoms with van der Waals surface area (Å²) in [6.45, 7) is 4.67. The number of nitrogens with zero attached hydrogens (tertiary/aromatic N) is 3. The Morgan fingerprint density at radius 3 is 2.26 bits per heavy atom. The Morgan fingerprint density at radius 2 is 1.70 bits per heavy atom. The van der Waals surface area contributed by atoms with Crippen LogP contribution in [0.25, 0.3) is 0 Å². The molecule has 2 aliphatic rings. The number of carbonyl (C=O) groups excluding carboxylic acids is 2. The van der Waals surface area contributed by atoms with Gasteiger partial charge < -0.3 is 14.5 Å². The van der Waals surface area contributed by atoms with Gasteiger partial charge in [-0.25, -0.2) is 17.5 Å². The van der Waals surface area contributed by atoms with E-state index in [9.17, 15) is 18.0 Å². The fourth-order valence-electron chi connectivity index (χ4n) is 3.03. The highest BCUT2D eigenvalue weighted by atomic mass is 32.2. The summed E-state index contributed by atoms with van der Waals surface area (Å²) in [4.78, 5) is 27.6. The van der Waals surface area contributed by atoms with E-state index in [2.05, 4.69) is 0 Å². The van der Waals surface area contributed by atoms with E-state index in [-0.39, 0.29) is 24.5 Å². The summed E-state index contributed by atoms with van der Waals surface area (Å²) in [6, 6.07) is 0. The molecule has 8 nitrogen and oxygen atoms in total. The van der Waals surface area contributed by atoms with Crippen LogP contribution < -0.4 is 0 Å². The van der Waals surface area contributed by atoms with Crippen molar-refractivity contribution in [2.75, 3.05) is 52.1 Å². The zero-order chi connectivity index (χ0) is 17.0. The first-order valence-corrected chi connectivity index (χ1v) is 9.83. The minimum Gasteiger partial charge on any atom is -0.450 e. The van der Waals surface area contributed by atoms with Crippen LogP contribution in [-0.2, 0) is 19.6 Å². The van der Waals surface area contributed by atoms with E-state index in [0.29, 0.717) is 52.2 Å². The molecule has 2 heterocycles. The number of rotatable bonds is 3. The zero-order valence-electron chi connectivity index (χ0n) is 13.7. The fraction of sp³-hybridized carbons (Fsp3) is 0.857. The normalized spacial score (nSPS) is 23.7. The number of sulfonamides is 1. The van der Waals surface area contributed by atoms with Crippen molar-refractivity contribution in [3.8, 4) is 0 Å². The first-order chi connectivity index (χ1) is 10.8. The van der Waals surface area contributed by atoms with Gasteiger partial charge in [0, 0.05) is 39.3 Å². The van der Waals surface area contributed by atoms with Gasteiger partial charge in [-0.2, -0.15) is 0 Å². The molecule has 0 aromatic rings. The molecule has 2 amide bonds. The van der Waals surface area contributed by atoms with Crippen molar-refractivity contribution in [2.45, 2.75) is 19.8 Å². The summed E-state index contributed by atoms with van der Waals surface area (Å²) in [7, 11) is -3.26. The number of hydrogen-bond acceptors (Lipinski definition) is 5. The number of carbonyl (C=O) groups is 2. The molecule has 2 saturated heterocycles. The van der Waals surface area contributed by atoms with Crippen LogP contribution in [0.2, 0.25) is 0 Å². The molecule has 132 valence electrons. The second kappa shape index (κ2) is 7.48. The molecule has 0 N–H and O–H groups in total. The van der Waals surface area contributed by atoms with E-state index >= 15 is 0 Å². The van der Waals surface area contributed by atoms with Crippen molar-refractivity contribution in [1.29, 1.82) is 0 Å². The zero-order valence-corrected chi connectivity index (χ0v) is 14.5. The third-order valence-electron chi connectivity index (χ3n) is 4.32. The molecule has 1 atom stereocenters. The molecule has 23 heavy (non-hydrogen) atoms. The van der Waals surface area contributed by atoms with E-state index in [4.69, 9.17) is 4.74 Å². The number of piperidine rings is 1. The molecule has 9 heteroatoms.